The fraction of sp³-hybridized carbons (Fsp3) is 0.227. The third-order valence-corrected chi connectivity index (χ3v) is 5.74. The maximum Gasteiger partial charge on any atom is 0.265 e. The molecule has 0 bridgehead atoms. The van der Waals surface area contributed by atoms with E-state index in [2.05, 4.69) is 20.0 Å². The lowest BCUT2D eigenvalue weighted by atomic mass is 10.2. The van der Waals surface area contributed by atoms with Gasteiger partial charge in [-0.25, -0.2) is 27.5 Å². The molecule has 0 fully saturated rings. The number of carbonyl (C=O) groups is 1. The third kappa shape index (κ3) is 6.01. The Morgan fingerprint density at radius 1 is 1.03 bits per heavy atom. The van der Waals surface area contributed by atoms with Crippen molar-refractivity contribution in [1.29, 1.82) is 0 Å². The molecule has 0 saturated heterocycles. The summed E-state index contributed by atoms with van der Waals surface area (Å²) in [6, 6.07) is 12.8. The minimum atomic E-state index is -3.90. The average Bonchev–Trinajstić information content (AvgIpc) is 2.72. The van der Waals surface area contributed by atoms with Gasteiger partial charge >= 0.3 is 0 Å². The number of carbonyl (C=O) groups excluding carboxylic acids is 1. The summed E-state index contributed by atoms with van der Waals surface area (Å²) in [6.07, 6.45) is -0.414. The van der Waals surface area contributed by atoms with Crippen molar-refractivity contribution in [2.24, 2.45) is 0 Å². The predicted molar refractivity (Wildman–Crippen MR) is 118 cm³/mol. The van der Waals surface area contributed by atoms with Gasteiger partial charge in [0.05, 0.1) is 4.90 Å². The molecule has 2 N–H and O–H groups in total. The molecule has 1 aromatic heterocycles. The molecule has 2 aromatic carbocycles. The molecule has 168 valence electrons. The highest BCUT2D eigenvalue weighted by Crippen LogP contribution is 2.19. The van der Waals surface area contributed by atoms with Gasteiger partial charge in [-0.2, -0.15) is 0 Å². The van der Waals surface area contributed by atoms with E-state index < -0.39 is 27.9 Å². The summed E-state index contributed by atoms with van der Waals surface area (Å²) in [7, 11) is -3.90. The first-order valence-corrected chi connectivity index (χ1v) is 11.3. The van der Waals surface area contributed by atoms with Gasteiger partial charge in [0.2, 0.25) is 5.95 Å². The molecule has 1 unspecified atom stereocenters. The number of hydrogen-bond acceptors (Lipinski definition) is 6. The monoisotopic (exact) mass is 458 g/mol. The van der Waals surface area contributed by atoms with Gasteiger partial charge in [-0.1, -0.05) is 6.92 Å². The molecule has 0 aliphatic heterocycles. The van der Waals surface area contributed by atoms with E-state index in [9.17, 15) is 17.6 Å². The average molecular weight is 459 g/mol. The summed E-state index contributed by atoms with van der Waals surface area (Å²) in [5.41, 5.74) is 1.68. The zero-order valence-electron chi connectivity index (χ0n) is 17.8. The Morgan fingerprint density at radius 3 is 2.19 bits per heavy atom. The summed E-state index contributed by atoms with van der Waals surface area (Å²) < 4.78 is 46.2. The fourth-order valence-corrected chi connectivity index (χ4v) is 3.83. The van der Waals surface area contributed by atoms with Crippen molar-refractivity contribution in [3.05, 3.63) is 71.8 Å². The molecule has 10 heteroatoms. The van der Waals surface area contributed by atoms with Gasteiger partial charge in [0.1, 0.15) is 11.6 Å². The summed E-state index contributed by atoms with van der Waals surface area (Å²) in [6.45, 7) is 5.27. The summed E-state index contributed by atoms with van der Waals surface area (Å²) in [4.78, 5) is 20.7. The molecule has 0 saturated carbocycles. The lowest BCUT2D eigenvalue weighted by Crippen LogP contribution is -2.32. The van der Waals surface area contributed by atoms with Crippen molar-refractivity contribution in [2.75, 3.05) is 10.0 Å². The van der Waals surface area contributed by atoms with Crippen LogP contribution in [0.4, 0.5) is 16.0 Å². The molecule has 0 radical (unpaired) electrons. The van der Waals surface area contributed by atoms with Gasteiger partial charge in [0.25, 0.3) is 15.9 Å². The van der Waals surface area contributed by atoms with Crippen molar-refractivity contribution in [3.8, 4) is 5.75 Å². The van der Waals surface area contributed by atoms with Crippen LogP contribution in [0.15, 0.2) is 59.5 Å². The normalized spacial score (nSPS) is 12.1. The van der Waals surface area contributed by atoms with E-state index in [0.717, 1.165) is 0 Å². The minimum absolute atomic E-state index is 0.00661. The highest BCUT2D eigenvalue weighted by molar-refractivity contribution is 7.92. The number of aromatic nitrogens is 2. The Morgan fingerprint density at radius 2 is 1.62 bits per heavy atom. The van der Waals surface area contributed by atoms with Crippen molar-refractivity contribution < 1.29 is 22.3 Å². The zero-order valence-corrected chi connectivity index (χ0v) is 18.6. The van der Waals surface area contributed by atoms with Gasteiger partial charge in [-0.05, 0) is 74.9 Å². The van der Waals surface area contributed by atoms with Crippen LogP contribution in [-0.2, 0) is 14.8 Å². The van der Waals surface area contributed by atoms with Gasteiger partial charge in [0, 0.05) is 17.1 Å². The van der Waals surface area contributed by atoms with Crippen molar-refractivity contribution in [1.82, 2.24) is 9.97 Å². The molecule has 1 amide bonds. The Kier molecular flexibility index (Phi) is 7.04. The molecule has 0 aliphatic carbocycles. The standard InChI is InChI=1S/C22H23FN4O4S/c1-4-20(31-18-9-5-16(23)6-10-18)21(28)26-17-7-11-19(12-8-17)32(29,30)27-22-24-14(2)13-15(3)25-22/h5-13,20H,4H2,1-3H3,(H,26,28)(H,24,25,27). The van der Waals surface area contributed by atoms with E-state index in [0.29, 0.717) is 29.2 Å². The number of aryl methyl sites for hydroxylation is 2. The van der Waals surface area contributed by atoms with Crippen LogP contribution in [0.3, 0.4) is 0 Å². The van der Waals surface area contributed by atoms with E-state index in [4.69, 9.17) is 4.74 Å². The van der Waals surface area contributed by atoms with Crippen LogP contribution in [0.25, 0.3) is 0 Å². The van der Waals surface area contributed by atoms with Crippen LogP contribution < -0.4 is 14.8 Å². The van der Waals surface area contributed by atoms with Crippen molar-refractivity contribution in [2.45, 2.75) is 38.2 Å². The predicted octanol–water partition coefficient (Wildman–Crippen LogP) is 3.83. The number of ether oxygens (including phenoxy) is 1. The molecular formula is C22H23FN4O4S. The van der Waals surface area contributed by atoms with Gasteiger partial charge < -0.3 is 10.1 Å². The number of hydrogen-bond donors (Lipinski definition) is 2. The molecule has 0 aliphatic rings. The molecule has 1 atom stereocenters. The maximum atomic E-state index is 13.0. The van der Waals surface area contributed by atoms with E-state index >= 15 is 0 Å². The van der Waals surface area contributed by atoms with Gasteiger partial charge in [0.15, 0.2) is 6.10 Å². The number of sulfonamides is 1. The zero-order chi connectivity index (χ0) is 23.3. The first-order valence-electron chi connectivity index (χ1n) is 9.84. The molecule has 1 heterocycles. The van der Waals surface area contributed by atoms with Crippen LogP contribution >= 0.6 is 0 Å². The number of halogens is 1. The van der Waals surface area contributed by atoms with Crippen LogP contribution in [0, 0.1) is 19.7 Å². The molecular weight excluding hydrogens is 435 g/mol. The number of anilines is 2. The summed E-state index contributed by atoms with van der Waals surface area (Å²) >= 11 is 0. The van der Waals surface area contributed by atoms with Gasteiger partial charge in [-0.15, -0.1) is 0 Å². The second-order valence-corrected chi connectivity index (χ2v) is 8.74. The van der Waals surface area contributed by atoms with E-state index in [1.165, 1.54) is 48.5 Å². The lowest BCUT2D eigenvalue weighted by molar-refractivity contribution is -0.122. The SMILES string of the molecule is CCC(Oc1ccc(F)cc1)C(=O)Nc1ccc(S(=O)(=O)Nc2nc(C)cc(C)n2)cc1. The number of nitrogens with zero attached hydrogens (tertiary/aromatic N) is 2. The smallest absolute Gasteiger partial charge is 0.265 e. The van der Waals surface area contributed by atoms with E-state index in [-0.39, 0.29) is 10.8 Å². The largest absolute Gasteiger partial charge is 0.481 e. The second-order valence-electron chi connectivity index (χ2n) is 7.06. The Hall–Kier alpha value is -3.53. The number of rotatable bonds is 8. The number of amides is 1. The Balaban J connectivity index is 1.67. The molecule has 8 nitrogen and oxygen atoms in total. The highest BCUT2D eigenvalue weighted by atomic mass is 32.2. The van der Waals surface area contributed by atoms with Crippen LogP contribution in [0.1, 0.15) is 24.7 Å². The van der Waals surface area contributed by atoms with Crippen LogP contribution in [0.2, 0.25) is 0 Å². The molecule has 3 rings (SSSR count). The molecule has 0 spiro atoms. The number of benzene rings is 2. The topological polar surface area (TPSA) is 110 Å². The minimum Gasteiger partial charge on any atom is -0.481 e. The first kappa shape index (κ1) is 23.1. The maximum absolute atomic E-state index is 13.0. The second kappa shape index (κ2) is 9.73. The lowest BCUT2D eigenvalue weighted by Gasteiger charge is -2.17. The Bertz CT molecular complexity index is 1180. The fourth-order valence-electron chi connectivity index (χ4n) is 2.89. The van der Waals surface area contributed by atoms with E-state index in [1.54, 1.807) is 26.8 Å². The third-order valence-electron chi connectivity index (χ3n) is 4.40. The van der Waals surface area contributed by atoms with Crippen molar-refractivity contribution in [3.63, 3.8) is 0 Å². The van der Waals surface area contributed by atoms with Crippen molar-refractivity contribution >= 4 is 27.6 Å². The Labute approximate surface area is 185 Å². The highest BCUT2D eigenvalue weighted by Gasteiger charge is 2.20. The summed E-state index contributed by atoms with van der Waals surface area (Å²) in [5, 5.41) is 2.69. The van der Waals surface area contributed by atoms with E-state index in [1.807, 2.05) is 0 Å². The van der Waals surface area contributed by atoms with Gasteiger partial charge in [-0.3, -0.25) is 4.79 Å². The first-order chi connectivity index (χ1) is 15.2. The van der Waals surface area contributed by atoms with Crippen LogP contribution in [0.5, 0.6) is 5.75 Å². The summed E-state index contributed by atoms with van der Waals surface area (Å²) in [5.74, 6) is -0.448. The number of nitrogens with one attached hydrogen (secondary N) is 2. The molecule has 3 aromatic rings. The van der Waals surface area contributed by atoms with Crippen LogP contribution in [-0.4, -0.2) is 30.4 Å². The quantitative estimate of drug-likeness (QED) is 0.531. The molecule has 32 heavy (non-hydrogen) atoms.